The highest BCUT2D eigenvalue weighted by atomic mass is 32.1. The van der Waals surface area contributed by atoms with Crippen LogP contribution in [0.3, 0.4) is 0 Å². The first-order valence-electron chi connectivity index (χ1n) is 6.52. The number of rotatable bonds is 2. The molecule has 1 aromatic carbocycles. The number of aromatic nitrogens is 1. The molecule has 0 radical (unpaired) electrons. The van der Waals surface area contributed by atoms with Gasteiger partial charge in [-0.2, -0.15) is 0 Å². The zero-order chi connectivity index (χ0) is 12.5. The average molecular weight is 258 g/mol. The second-order valence-corrected chi connectivity index (χ2v) is 6.13. The molecule has 0 saturated heterocycles. The van der Waals surface area contributed by atoms with Gasteiger partial charge in [-0.3, -0.25) is 0 Å². The lowest BCUT2D eigenvalue weighted by Gasteiger charge is -2.18. The van der Waals surface area contributed by atoms with Gasteiger partial charge in [-0.15, -0.1) is 11.3 Å². The van der Waals surface area contributed by atoms with Gasteiger partial charge in [-0.25, -0.2) is 4.98 Å². The minimum absolute atomic E-state index is 0.655. The van der Waals surface area contributed by atoms with Crippen LogP contribution in [0.1, 0.15) is 22.6 Å². The van der Waals surface area contributed by atoms with Crippen LogP contribution in [-0.4, -0.2) is 11.5 Å². The second-order valence-electron chi connectivity index (χ2n) is 5.05. The van der Waals surface area contributed by atoms with E-state index in [0.717, 1.165) is 19.4 Å². The molecule has 0 spiro atoms. The second kappa shape index (κ2) is 4.82. The third-order valence-corrected chi connectivity index (χ3v) is 4.90. The van der Waals surface area contributed by atoms with Crippen molar-refractivity contribution in [1.82, 2.24) is 4.98 Å². The number of aryl methyl sites for hydroxylation is 2. The Hall–Kier alpha value is -1.19. The van der Waals surface area contributed by atoms with Gasteiger partial charge in [0.25, 0.3) is 0 Å². The largest absolute Gasteiger partial charge is 0.330 e. The lowest BCUT2D eigenvalue weighted by atomic mass is 9.91. The summed E-state index contributed by atoms with van der Waals surface area (Å²) in [5, 5.41) is 1.18. The maximum Gasteiger partial charge on any atom is 0.124 e. The highest BCUT2D eigenvalue weighted by Crippen LogP contribution is 2.35. The van der Waals surface area contributed by atoms with Crippen LogP contribution in [-0.2, 0) is 12.8 Å². The molecule has 0 amide bonds. The molecular formula is C15H18N2S. The molecule has 3 rings (SSSR count). The maximum atomic E-state index is 5.79. The number of nitrogens with two attached hydrogens (primary N) is 1. The molecule has 0 fully saturated rings. The summed E-state index contributed by atoms with van der Waals surface area (Å²) < 4.78 is 0. The van der Waals surface area contributed by atoms with E-state index in [-0.39, 0.29) is 0 Å². The fourth-order valence-corrected chi connectivity index (χ4v) is 3.89. The Morgan fingerprint density at radius 3 is 3.00 bits per heavy atom. The van der Waals surface area contributed by atoms with Crippen LogP contribution in [0.5, 0.6) is 0 Å². The zero-order valence-electron chi connectivity index (χ0n) is 10.6. The number of benzene rings is 1. The van der Waals surface area contributed by atoms with Crippen LogP contribution in [0.25, 0.3) is 10.6 Å². The monoisotopic (exact) mass is 258 g/mol. The van der Waals surface area contributed by atoms with E-state index in [1.165, 1.54) is 33.1 Å². The zero-order valence-corrected chi connectivity index (χ0v) is 11.5. The Morgan fingerprint density at radius 1 is 1.39 bits per heavy atom. The Bertz CT molecular complexity index is 559. The van der Waals surface area contributed by atoms with Gasteiger partial charge in [0.05, 0.1) is 5.69 Å². The molecule has 2 nitrogen and oxygen atoms in total. The van der Waals surface area contributed by atoms with Crippen molar-refractivity contribution in [3.8, 4) is 10.6 Å². The quantitative estimate of drug-likeness (QED) is 0.898. The number of hydrogen-bond acceptors (Lipinski definition) is 3. The third-order valence-electron chi connectivity index (χ3n) is 3.75. The summed E-state index contributed by atoms with van der Waals surface area (Å²) in [6, 6.07) is 8.49. The SMILES string of the molecule is Cc1ccccc1-c1nc2c(s1)CC(CN)CC2. The van der Waals surface area contributed by atoms with Crippen LogP contribution < -0.4 is 5.73 Å². The Kier molecular flexibility index (Phi) is 3.18. The van der Waals surface area contributed by atoms with E-state index in [1.54, 1.807) is 0 Å². The first-order valence-corrected chi connectivity index (χ1v) is 7.34. The molecule has 0 aliphatic heterocycles. The van der Waals surface area contributed by atoms with Crippen molar-refractivity contribution in [2.75, 3.05) is 6.54 Å². The highest BCUT2D eigenvalue weighted by Gasteiger charge is 2.22. The standard InChI is InChI=1S/C15H18N2S/c1-10-4-2-3-5-12(10)15-17-13-7-6-11(9-16)8-14(13)18-15/h2-5,11H,6-9,16H2,1H3. The van der Waals surface area contributed by atoms with E-state index in [4.69, 9.17) is 10.7 Å². The van der Waals surface area contributed by atoms with E-state index >= 15 is 0 Å². The first kappa shape index (κ1) is 11.9. The van der Waals surface area contributed by atoms with E-state index in [0.29, 0.717) is 5.92 Å². The predicted molar refractivity (Wildman–Crippen MR) is 76.9 cm³/mol. The van der Waals surface area contributed by atoms with Gasteiger partial charge in [0.1, 0.15) is 5.01 Å². The van der Waals surface area contributed by atoms with E-state index in [9.17, 15) is 0 Å². The molecule has 18 heavy (non-hydrogen) atoms. The number of fused-ring (bicyclic) bond motifs is 1. The van der Waals surface area contributed by atoms with Crippen LogP contribution in [0.2, 0.25) is 0 Å². The molecule has 1 atom stereocenters. The van der Waals surface area contributed by atoms with Gasteiger partial charge in [-0.1, -0.05) is 24.3 Å². The molecule has 1 unspecified atom stereocenters. The van der Waals surface area contributed by atoms with Crippen molar-refractivity contribution >= 4 is 11.3 Å². The van der Waals surface area contributed by atoms with Gasteiger partial charge in [0.2, 0.25) is 0 Å². The summed E-state index contributed by atoms with van der Waals surface area (Å²) in [6.45, 7) is 2.95. The minimum atomic E-state index is 0.655. The van der Waals surface area contributed by atoms with Gasteiger partial charge < -0.3 is 5.73 Å². The van der Waals surface area contributed by atoms with Gasteiger partial charge >= 0.3 is 0 Å². The molecule has 1 aliphatic rings. The van der Waals surface area contributed by atoms with Crippen LogP contribution >= 0.6 is 11.3 Å². The third kappa shape index (κ3) is 2.08. The number of hydrogen-bond donors (Lipinski definition) is 1. The topological polar surface area (TPSA) is 38.9 Å². The summed E-state index contributed by atoms with van der Waals surface area (Å²) in [4.78, 5) is 6.28. The summed E-state index contributed by atoms with van der Waals surface area (Å²) in [7, 11) is 0. The highest BCUT2D eigenvalue weighted by molar-refractivity contribution is 7.15. The Morgan fingerprint density at radius 2 is 2.22 bits per heavy atom. The van der Waals surface area contributed by atoms with Gasteiger partial charge in [-0.05, 0) is 44.2 Å². The smallest absolute Gasteiger partial charge is 0.124 e. The van der Waals surface area contributed by atoms with Crippen molar-refractivity contribution in [2.45, 2.75) is 26.2 Å². The Balaban J connectivity index is 1.97. The van der Waals surface area contributed by atoms with E-state index in [2.05, 4.69) is 31.2 Å². The van der Waals surface area contributed by atoms with Crippen molar-refractivity contribution in [1.29, 1.82) is 0 Å². The van der Waals surface area contributed by atoms with Crippen molar-refractivity contribution in [3.05, 3.63) is 40.4 Å². The van der Waals surface area contributed by atoms with E-state index < -0.39 is 0 Å². The number of nitrogens with zero attached hydrogens (tertiary/aromatic N) is 1. The predicted octanol–water partition coefficient (Wildman–Crippen LogP) is 3.18. The lowest BCUT2D eigenvalue weighted by Crippen LogP contribution is -2.21. The molecule has 1 aliphatic carbocycles. The molecule has 1 heterocycles. The van der Waals surface area contributed by atoms with Gasteiger partial charge in [0, 0.05) is 10.4 Å². The van der Waals surface area contributed by atoms with Crippen LogP contribution in [0.4, 0.5) is 0 Å². The molecule has 3 heteroatoms. The van der Waals surface area contributed by atoms with E-state index in [1.807, 2.05) is 11.3 Å². The fraction of sp³-hybridized carbons (Fsp3) is 0.400. The molecule has 0 bridgehead atoms. The fourth-order valence-electron chi connectivity index (χ4n) is 2.57. The summed E-state index contributed by atoms with van der Waals surface area (Å²) in [6.07, 6.45) is 3.41. The molecule has 0 saturated carbocycles. The minimum Gasteiger partial charge on any atom is -0.330 e. The van der Waals surface area contributed by atoms with Crippen LogP contribution in [0.15, 0.2) is 24.3 Å². The lowest BCUT2D eigenvalue weighted by molar-refractivity contribution is 0.470. The molecule has 94 valence electrons. The normalized spacial score (nSPS) is 18.7. The first-order chi connectivity index (χ1) is 8.78. The summed E-state index contributed by atoms with van der Waals surface area (Å²) in [5.74, 6) is 0.655. The molecule has 2 aromatic rings. The van der Waals surface area contributed by atoms with Gasteiger partial charge in [0.15, 0.2) is 0 Å². The Labute approximate surface area is 112 Å². The van der Waals surface area contributed by atoms with Crippen molar-refractivity contribution < 1.29 is 0 Å². The average Bonchev–Trinajstić information content (AvgIpc) is 2.81. The summed E-state index contributed by atoms with van der Waals surface area (Å²) >= 11 is 1.86. The molecule has 1 aromatic heterocycles. The van der Waals surface area contributed by atoms with Crippen molar-refractivity contribution in [3.63, 3.8) is 0 Å². The molecule has 2 N–H and O–H groups in total. The molecular weight excluding hydrogens is 240 g/mol. The van der Waals surface area contributed by atoms with Crippen molar-refractivity contribution in [2.24, 2.45) is 11.7 Å². The summed E-state index contributed by atoms with van der Waals surface area (Å²) in [5.41, 5.74) is 9.68. The van der Waals surface area contributed by atoms with Crippen LogP contribution in [0, 0.1) is 12.8 Å². The number of thiazole rings is 1. The maximum absolute atomic E-state index is 5.79.